The lowest BCUT2D eigenvalue weighted by Gasteiger charge is -2.20. The van der Waals surface area contributed by atoms with Gasteiger partial charge in [0.1, 0.15) is 5.82 Å². The summed E-state index contributed by atoms with van der Waals surface area (Å²) < 4.78 is 0. The fraction of sp³-hybridized carbons (Fsp3) is 0.250. The summed E-state index contributed by atoms with van der Waals surface area (Å²) in [7, 11) is 0. The maximum atomic E-state index is 11.9. The standard InChI is InChI=1S/C28H29N5O2S/c29-26(35)20-11-7-13-22(20)31-27-21-10-3-4-12-23(21)32-28(33-27)30-16-18-8-1-5-14-24(18)36-25-15-6-2-9-19(25)17-34/h1-6,8-10,12,14-15,20,22,34H,7,11,13,16-17H2,(H2,29,35)(H2,30,31,32,33)/t20-,22+/m1/s1. The van der Waals surface area contributed by atoms with Gasteiger partial charge in [0, 0.05) is 27.8 Å². The molecular formula is C28H29N5O2S. The fourth-order valence-electron chi connectivity index (χ4n) is 4.69. The van der Waals surface area contributed by atoms with Crippen molar-refractivity contribution >= 4 is 40.3 Å². The third kappa shape index (κ3) is 5.29. The summed E-state index contributed by atoms with van der Waals surface area (Å²) in [4.78, 5) is 23.6. The Morgan fingerprint density at radius 1 is 0.944 bits per heavy atom. The van der Waals surface area contributed by atoms with E-state index in [-0.39, 0.29) is 24.5 Å². The molecule has 36 heavy (non-hydrogen) atoms. The second-order valence-corrected chi connectivity index (χ2v) is 10.0. The summed E-state index contributed by atoms with van der Waals surface area (Å²) in [5, 5.41) is 17.5. The summed E-state index contributed by atoms with van der Waals surface area (Å²) in [6.45, 7) is 0.539. The van der Waals surface area contributed by atoms with Gasteiger partial charge in [0.15, 0.2) is 0 Å². The lowest BCUT2D eigenvalue weighted by Crippen LogP contribution is -2.34. The van der Waals surface area contributed by atoms with Gasteiger partial charge in [0.25, 0.3) is 0 Å². The van der Waals surface area contributed by atoms with Gasteiger partial charge >= 0.3 is 0 Å². The Labute approximate surface area is 214 Å². The number of hydrogen-bond acceptors (Lipinski definition) is 7. The number of nitrogens with zero attached hydrogens (tertiary/aromatic N) is 2. The average molecular weight is 500 g/mol. The molecule has 1 heterocycles. The van der Waals surface area contributed by atoms with Gasteiger partial charge in [-0.25, -0.2) is 4.98 Å². The van der Waals surface area contributed by atoms with E-state index < -0.39 is 0 Å². The number of carbonyl (C=O) groups is 1. The first-order chi connectivity index (χ1) is 17.6. The van der Waals surface area contributed by atoms with Crippen LogP contribution in [0.1, 0.15) is 30.4 Å². The van der Waals surface area contributed by atoms with Gasteiger partial charge in [-0.15, -0.1) is 0 Å². The molecule has 0 aliphatic heterocycles. The van der Waals surface area contributed by atoms with Crippen LogP contribution < -0.4 is 16.4 Å². The number of aliphatic hydroxyl groups is 1. The van der Waals surface area contributed by atoms with Crippen molar-refractivity contribution in [3.05, 3.63) is 83.9 Å². The first-order valence-corrected chi connectivity index (χ1v) is 12.9. The molecule has 184 valence electrons. The Morgan fingerprint density at radius 2 is 1.64 bits per heavy atom. The molecule has 1 aromatic heterocycles. The van der Waals surface area contributed by atoms with Crippen LogP contribution in [-0.4, -0.2) is 27.0 Å². The molecule has 0 radical (unpaired) electrons. The van der Waals surface area contributed by atoms with E-state index in [0.29, 0.717) is 18.3 Å². The van der Waals surface area contributed by atoms with Gasteiger partial charge in [-0.2, -0.15) is 4.98 Å². The van der Waals surface area contributed by atoms with Crippen molar-refractivity contribution in [3.63, 3.8) is 0 Å². The number of anilines is 2. The molecule has 1 aliphatic rings. The molecule has 5 N–H and O–H groups in total. The van der Waals surface area contributed by atoms with Gasteiger partial charge in [-0.3, -0.25) is 4.79 Å². The lowest BCUT2D eigenvalue weighted by atomic mass is 10.0. The summed E-state index contributed by atoms with van der Waals surface area (Å²) in [6.07, 6.45) is 2.65. The highest BCUT2D eigenvalue weighted by Crippen LogP contribution is 2.34. The van der Waals surface area contributed by atoms with E-state index in [4.69, 9.17) is 15.7 Å². The molecular weight excluding hydrogens is 470 g/mol. The topological polar surface area (TPSA) is 113 Å². The smallest absolute Gasteiger partial charge is 0.225 e. The third-order valence-corrected chi connectivity index (χ3v) is 7.82. The van der Waals surface area contributed by atoms with Crippen LogP contribution in [-0.2, 0) is 17.9 Å². The molecule has 5 rings (SSSR count). The molecule has 0 spiro atoms. The molecule has 0 bridgehead atoms. The molecule has 7 nitrogen and oxygen atoms in total. The SMILES string of the molecule is NC(=O)[C@@H]1CCC[C@@H]1Nc1nc(NCc2ccccc2Sc2ccccc2CO)nc2ccccc12. The number of nitrogens with two attached hydrogens (primary N) is 1. The van der Waals surface area contributed by atoms with E-state index in [1.807, 2.05) is 60.7 Å². The number of primary amides is 1. The minimum absolute atomic E-state index is 0.00189. The quantitative estimate of drug-likeness (QED) is 0.258. The van der Waals surface area contributed by atoms with Crippen LogP contribution in [0.25, 0.3) is 10.9 Å². The van der Waals surface area contributed by atoms with Crippen LogP contribution in [0, 0.1) is 5.92 Å². The lowest BCUT2D eigenvalue weighted by molar-refractivity contribution is -0.121. The predicted octanol–water partition coefficient (Wildman–Crippen LogP) is 4.95. The molecule has 2 atom stereocenters. The molecule has 1 saturated carbocycles. The zero-order valence-corrected chi connectivity index (χ0v) is 20.7. The van der Waals surface area contributed by atoms with Crippen LogP contribution in [0.2, 0.25) is 0 Å². The number of rotatable bonds is 9. The normalized spacial score (nSPS) is 17.2. The largest absolute Gasteiger partial charge is 0.392 e. The van der Waals surface area contributed by atoms with Crippen molar-refractivity contribution in [1.82, 2.24) is 9.97 Å². The minimum Gasteiger partial charge on any atom is -0.392 e. The van der Waals surface area contributed by atoms with Crippen LogP contribution in [0.15, 0.2) is 82.6 Å². The highest BCUT2D eigenvalue weighted by Gasteiger charge is 2.32. The maximum absolute atomic E-state index is 11.9. The van der Waals surface area contributed by atoms with Crippen LogP contribution >= 0.6 is 11.8 Å². The molecule has 0 unspecified atom stereocenters. The van der Waals surface area contributed by atoms with E-state index in [1.165, 1.54) is 0 Å². The Balaban J connectivity index is 1.39. The predicted molar refractivity (Wildman–Crippen MR) is 144 cm³/mol. The van der Waals surface area contributed by atoms with Crippen LogP contribution in [0.5, 0.6) is 0 Å². The van der Waals surface area contributed by atoms with E-state index in [9.17, 15) is 9.90 Å². The van der Waals surface area contributed by atoms with Crippen LogP contribution in [0.4, 0.5) is 11.8 Å². The fourth-order valence-corrected chi connectivity index (χ4v) is 5.76. The second kappa shape index (κ2) is 11.0. The van der Waals surface area contributed by atoms with E-state index in [1.54, 1.807) is 11.8 Å². The van der Waals surface area contributed by atoms with Gasteiger partial charge < -0.3 is 21.5 Å². The molecule has 1 fully saturated rings. The number of hydrogen-bond donors (Lipinski definition) is 4. The Kier molecular flexibility index (Phi) is 7.34. The summed E-state index contributed by atoms with van der Waals surface area (Å²) >= 11 is 1.63. The minimum atomic E-state index is -0.265. The summed E-state index contributed by atoms with van der Waals surface area (Å²) in [5.74, 6) is 0.764. The maximum Gasteiger partial charge on any atom is 0.225 e. The zero-order valence-electron chi connectivity index (χ0n) is 19.9. The van der Waals surface area contributed by atoms with Crippen molar-refractivity contribution in [2.75, 3.05) is 10.6 Å². The number of benzene rings is 3. The molecule has 0 saturated heterocycles. The molecule has 1 amide bonds. The summed E-state index contributed by atoms with van der Waals surface area (Å²) in [5.41, 5.74) is 8.47. The average Bonchev–Trinajstić information content (AvgIpc) is 3.37. The number of carbonyl (C=O) groups excluding carboxylic acids is 1. The summed E-state index contributed by atoms with van der Waals surface area (Å²) in [6, 6.07) is 23.9. The van der Waals surface area contributed by atoms with Crippen molar-refractivity contribution in [3.8, 4) is 0 Å². The number of fused-ring (bicyclic) bond motifs is 1. The zero-order chi connectivity index (χ0) is 24.9. The number of aromatic nitrogens is 2. The first kappa shape index (κ1) is 24.1. The van der Waals surface area contributed by atoms with Gasteiger partial charge in [0.05, 0.1) is 18.0 Å². The molecule has 8 heteroatoms. The number of nitrogens with one attached hydrogen (secondary N) is 2. The monoisotopic (exact) mass is 499 g/mol. The van der Waals surface area contributed by atoms with Crippen molar-refractivity contribution in [2.24, 2.45) is 11.7 Å². The Bertz CT molecular complexity index is 1380. The number of para-hydroxylation sites is 1. The van der Waals surface area contributed by atoms with E-state index >= 15 is 0 Å². The molecule has 3 aromatic carbocycles. The Morgan fingerprint density at radius 3 is 2.42 bits per heavy atom. The van der Waals surface area contributed by atoms with Crippen molar-refractivity contribution in [2.45, 2.75) is 48.2 Å². The molecule has 4 aromatic rings. The number of aliphatic hydroxyl groups excluding tert-OH is 1. The third-order valence-electron chi connectivity index (χ3n) is 6.58. The van der Waals surface area contributed by atoms with Gasteiger partial charge in [0.2, 0.25) is 11.9 Å². The van der Waals surface area contributed by atoms with Gasteiger partial charge in [-0.05, 0) is 48.2 Å². The second-order valence-electron chi connectivity index (χ2n) is 8.93. The van der Waals surface area contributed by atoms with Crippen molar-refractivity contribution < 1.29 is 9.90 Å². The van der Waals surface area contributed by atoms with E-state index in [0.717, 1.165) is 51.1 Å². The number of amides is 1. The first-order valence-electron chi connectivity index (χ1n) is 12.1. The van der Waals surface area contributed by atoms with Crippen molar-refractivity contribution in [1.29, 1.82) is 0 Å². The highest BCUT2D eigenvalue weighted by molar-refractivity contribution is 7.99. The van der Waals surface area contributed by atoms with Gasteiger partial charge in [-0.1, -0.05) is 66.7 Å². The Hall–Kier alpha value is -3.62. The molecule has 1 aliphatic carbocycles. The van der Waals surface area contributed by atoms with E-state index in [2.05, 4.69) is 22.8 Å². The van der Waals surface area contributed by atoms with Crippen LogP contribution in [0.3, 0.4) is 0 Å². The highest BCUT2D eigenvalue weighted by atomic mass is 32.2.